The van der Waals surface area contributed by atoms with Crippen LogP contribution in [-0.2, 0) is 14.3 Å². The van der Waals surface area contributed by atoms with Crippen LogP contribution < -0.4 is 11.1 Å². The van der Waals surface area contributed by atoms with Crippen molar-refractivity contribution >= 4 is 41.1 Å². The van der Waals surface area contributed by atoms with E-state index in [1.165, 1.54) is 48.5 Å². The fourth-order valence-electron chi connectivity index (χ4n) is 1.88. The molecule has 3 N–H and O–H groups in total. The van der Waals surface area contributed by atoms with Gasteiger partial charge in [-0.3, -0.25) is 9.59 Å². The molecule has 0 aliphatic heterocycles. The van der Waals surface area contributed by atoms with Crippen LogP contribution in [0.5, 0.6) is 0 Å². The molecule has 8 heteroatoms. The van der Waals surface area contributed by atoms with Gasteiger partial charge in [-0.2, -0.15) is 0 Å². The van der Waals surface area contributed by atoms with E-state index in [-0.39, 0.29) is 5.02 Å². The third-order valence-corrected chi connectivity index (χ3v) is 3.44. The molecule has 0 unspecified atom stereocenters. The van der Waals surface area contributed by atoms with Gasteiger partial charge in [0.25, 0.3) is 5.91 Å². The number of esters is 1. The number of nitrogens with one attached hydrogen (secondary N) is 1. The van der Waals surface area contributed by atoms with E-state index in [0.29, 0.717) is 16.8 Å². The van der Waals surface area contributed by atoms with Gasteiger partial charge >= 0.3 is 5.97 Å². The number of primary amides is 1. The van der Waals surface area contributed by atoms with Gasteiger partial charge in [0.1, 0.15) is 5.82 Å². The largest absolute Gasteiger partial charge is 0.452 e. The second kappa shape index (κ2) is 8.77. The highest BCUT2D eigenvalue weighted by Gasteiger charge is 2.07. The minimum Gasteiger partial charge on any atom is -0.452 e. The standard InChI is InChI=1S/C18H14ClFN2O4/c19-14-9-11(1-7-15(14)20)2-8-17(24)26-10-16(23)22-13-5-3-12(4-6-13)18(21)25/h1-9H,10H2,(H2,21,25)(H,22,23)/b8-2+. The molecular weight excluding hydrogens is 363 g/mol. The Balaban J connectivity index is 1.82. The quantitative estimate of drug-likeness (QED) is 0.598. The minimum absolute atomic E-state index is 0.0674. The molecule has 2 aromatic rings. The molecule has 0 spiro atoms. The fraction of sp³-hybridized carbons (Fsp3) is 0.0556. The molecule has 0 atom stereocenters. The van der Waals surface area contributed by atoms with E-state index in [0.717, 1.165) is 6.08 Å². The van der Waals surface area contributed by atoms with E-state index in [9.17, 15) is 18.8 Å². The van der Waals surface area contributed by atoms with Crippen LogP contribution in [0, 0.1) is 5.82 Å². The van der Waals surface area contributed by atoms with Crippen LogP contribution in [0.3, 0.4) is 0 Å². The Labute approximate surface area is 153 Å². The topological polar surface area (TPSA) is 98.5 Å². The first-order valence-corrected chi connectivity index (χ1v) is 7.72. The molecule has 0 aliphatic carbocycles. The Morgan fingerprint density at radius 2 is 1.85 bits per heavy atom. The Bertz CT molecular complexity index is 866. The summed E-state index contributed by atoms with van der Waals surface area (Å²) < 4.78 is 17.8. The summed E-state index contributed by atoms with van der Waals surface area (Å²) in [7, 11) is 0. The number of anilines is 1. The molecule has 26 heavy (non-hydrogen) atoms. The van der Waals surface area contributed by atoms with Crippen molar-refractivity contribution in [3.05, 3.63) is 70.5 Å². The maximum Gasteiger partial charge on any atom is 0.331 e. The third kappa shape index (κ3) is 5.71. The maximum atomic E-state index is 13.0. The molecule has 0 radical (unpaired) electrons. The Morgan fingerprint density at radius 3 is 2.46 bits per heavy atom. The van der Waals surface area contributed by atoms with Gasteiger partial charge in [0.15, 0.2) is 6.61 Å². The highest BCUT2D eigenvalue weighted by molar-refractivity contribution is 6.30. The van der Waals surface area contributed by atoms with Crippen molar-refractivity contribution in [1.82, 2.24) is 0 Å². The number of ether oxygens (including phenoxy) is 1. The van der Waals surface area contributed by atoms with E-state index < -0.39 is 30.2 Å². The van der Waals surface area contributed by atoms with Gasteiger partial charge in [0, 0.05) is 17.3 Å². The monoisotopic (exact) mass is 376 g/mol. The van der Waals surface area contributed by atoms with Crippen LogP contribution in [0.1, 0.15) is 15.9 Å². The van der Waals surface area contributed by atoms with Crippen LogP contribution in [-0.4, -0.2) is 24.4 Å². The van der Waals surface area contributed by atoms with E-state index in [1.54, 1.807) is 0 Å². The number of amides is 2. The summed E-state index contributed by atoms with van der Waals surface area (Å²) >= 11 is 5.63. The van der Waals surface area contributed by atoms with Gasteiger partial charge in [0.05, 0.1) is 5.02 Å². The Kier molecular flexibility index (Phi) is 6.46. The van der Waals surface area contributed by atoms with Crippen molar-refractivity contribution < 1.29 is 23.5 Å². The second-order valence-corrected chi connectivity index (χ2v) is 5.51. The first-order valence-electron chi connectivity index (χ1n) is 7.35. The summed E-state index contributed by atoms with van der Waals surface area (Å²) in [6.07, 6.45) is 2.48. The molecule has 0 fully saturated rings. The molecular formula is C18H14ClFN2O4. The minimum atomic E-state index is -0.746. The predicted octanol–water partition coefficient (Wildman–Crippen LogP) is 2.77. The number of halogens is 2. The fourth-order valence-corrected chi connectivity index (χ4v) is 2.07. The number of hydrogen-bond acceptors (Lipinski definition) is 4. The van der Waals surface area contributed by atoms with E-state index in [2.05, 4.69) is 5.32 Å². The summed E-state index contributed by atoms with van der Waals surface area (Å²) in [6.45, 7) is -0.495. The summed E-state index contributed by atoms with van der Waals surface area (Å²) in [5, 5.41) is 2.43. The number of hydrogen-bond donors (Lipinski definition) is 2. The lowest BCUT2D eigenvalue weighted by atomic mass is 10.2. The third-order valence-electron chi connectivity index (χ3n) is 3.15. The van der Waals surface area contributed by atoms with Crippen molar-refractivity contribution in [3.63, 3.8) is 0 Å². The van der Waals surface area contributed by atoms with E-state index >= 15 is 0 Å². The molecule has 0 heterocycles. The number of carbonyl (C=O) groups is 3. The summed E-state index contributed by atoms with van der Waals surface area (Å²) in [6, 6.07) is 9.87. The van der Waals surface area contributed by atoms with Gasteiger partial charge in [0.2, 0.25) is 5.91 Å². The van der Waals surface area contributed by atoms with Gasteiger partial charge in [-0.15, -0.1) is 0 Å². The van der Waals surface area contributed by atoms with Crippen molar-refractivity contribution in [1.29, 1.82) is 0 Å². The number of benzene rings is 2. The lowest BCUT2D eigenvalue weighted by Crippen LogP contribution is -2.20. The zero-order valence-corrected chi connectivity index (χ0v) is 14.1. The zero-order valence-electron chi connectivity index (χ0n) is 13.4. The second-order valence-electron chi connectivity index (χ2n) is 5.10. The van der Waals surface area contributed by atoms with Crippen molar-refractivity contribution in [3.8, 4) is 0 Å². The van der Waals surface area contributed by atoms with Crippen molar-refractivity contribution in [2.45, 2.75) is 0 Å². The van der Waals surface area contributed by atoms with Crippen LogP contribution in [0.4, 0.5) is 10.1 Å². The average molecular weight is 377 g/mol. The van der Waals surface area contributed by atoms with Gasteiger partial charge in [-0.1, -0.05) is 17.7 Å². The number of carbonyl (C=O) groups excluding carboxylic acids is 3. The maximum absolute atomic E-state index is 13.0. The molecule has 0 aliphatic rings. The molecule has 2 amide bonds. The van der Waals surface area contributed by atoms with Crippen LogP contribution in [0.15, 0.2) is 48.5 Å². The molecule has 2 aromatic carbocycles. The molecule has 6 nitrogen and oxygen atoms in total. The summed E-state index contributed by atoms with van der Waals surface area (Å²) in [4.78, 5) is 34.3. The van der Waals surface area contributed by atoms with Crippen LogP contribution >= 0.6 is 11.6 Å². The van der Waals surface area contributed by atoms with E-state index in [4.69, 9.17) is 22.1 Å². The van der Waals surface area contributed by atoms with Crippen LogP contribution in [0.2, 0.25) is 5.02 Å². The summed E-state index contributed by atoms with van der Waals surface area (Å²) in [5.41, 5.74) is 6.35. The van der Waals surface area contributed by atoms with E-state index in [1.807, 2.05) is 0 Å². The van der Waals surface area contributed by atoms with Gasteiger partial charge < -0.3 is 15.8 Å². The highest BCUT2D eigenvalue weighted by atomic mass is 35.5. The SMILES string of the molecule is NC(=O)c1ccc(NC(=O)COC(=O)/C=C/c2ccc(F)c(Cl)c2)cc1. The van der Waals surface area contributed by atoms with Crippen molar-refractivity contribution in [2.24, 2.45) is 5.73 Å². The van der Waals surface area contributed by atoms with Gasteiger partial charge in [-0.05, 0) is 48.0 Å². The molecule has 0 saturated heterocycles. The molecule has 0 saturated carbocycles. The smallest absolute Gasteiger partial charge is 0.331 e. The lowest BCUT2D eigenvalue weighted by Gasteiger charge is -2.06. The van der Waals surface area contributed by atoms with Crippen molar-refractivity contribution in [2.75, 3.05) is 11.9 Å². The zero-order chi connectivity index (χ0) is 19.1. The molecule has 0 bridgehead atoms. The lowest BCUT2D eigenvalue weighted by molar-refractivity contribution is -0.142. The average Bonchev–Trinajstić information content (AvgIpc) is 2.61. The molecule has 134 valence electrons. The normalized spacial score (nSPS) is 10.5. The van der Waals surface area contributed by atoms with Gasteiger partial charge in [-0.25, -0.2) is 9.18 Å². The number of nitrogens with two attached hydrogens (primary N) is 1. The van der Waals surface area contributed by atoms with Crippen LogP contribution in [0.25, 0.3) is 6.08 Å². The Morgan fingerprint density at radius 1 is 1.15 bits per heavy atom. The predicted molar refractivity (Wildman–Crippen MR) is 95.0 cm³/mol. The summed E-state index contributed by atoms with van der Waals surface area (Å²) in [5.74, 6) is -2.44. The Hall–Kier alpha value is -3.19. The molecule has 2 rings (SSSR count). The highest BCUT2D eigenvalue weighted by Crippen LogP contribution is 2.16. The first-order chi connectivity index (χ1) is 12.3. The first kappa shape index (κ1) is 19.1. The molecule has 0 aromatic heterocycles. The number of rotatable bonds is 6.